The molecule has 0 aromatic carbocycles. The van der Waals surface area contributed by atoms with Crippen molar-refractivity contribution in [2.45, 2.75) is 32.1 Å². The Balaban J connectivity index is 2.13. The van der Waals surface area contributed by atoms with Gasteiger partial charge >= 0.3 is 0 Å². The van der Waals surface area contributed by atoms with Crippen LogP contribution in [0.15, 0.2) is 6.07 Å². The molecule has 1 aliphatic rings. The van der Waals surface area contributed by atoms with E-state index in [1.807, 2.05) is 6.92 Å². The lowest BCUT2D eigenvalue weighted by Gasteiger charge is -2.15. The molecule has 14 heavy (non-hydrogen) atoms. The van der Waals surface area contributed by atoms with Crippen LogP contribution in [-0.4, -0.2) is 0 Å². The third-order valence-electron chi connectivity index (χ3n) is 2.98. The van der Waals surface area contributed by atoms with E-state index in [0.717, 1.165) is 15.8 Å². The quantitative estimate of drug-likeness (QED) is 0.658. The van der Waals surface area contributed by atoms with Gasteiger partial charge in [-0.25, -0.2) is 0 Å². The first-order chi connectivity index (χ1) is 6.59. The zero-order chi connectivity index (χ0) is 10.3. The lowest BCUT2D eigenvalue weighted by atomic mass is 10.0. The predicted molar refractivity (Wildman–Crippen MR) is 64.5 cm³/mol. The second-order valence-corrected chi connectivity index (χ2v) is 6.36. The molecule has 1 heterocycles. The van der Waals surface area contributed by atoms with Crippen molar-refractivity contribution >= 4 is 34.5 Å². The lowest BCUT2D eigenvalue weighted by molar-refractivity contribution is 0.495. The smallest absolute Gasteiger partial charge is 0.0960 e. The Kier molecular flexibility index (Phi) is 3.11. The topological polar surface area (TPSA) is 0 Å². The molecule has 1 fully saturated rings. The van der Waals surface area contributed by atoms with Gasteiger partial charge in [0, 0.05) is 4.88 Å². The van der Waals surface area contributed by atoms with E-state index in [9.17, 15) is 0 Å². The molecular formula is C11H14Cl2S. The van der Waals surface area contributed by atoms with E-state index >= 15 is 0 Å². The maximum Gasteiger partial charge on any atom is 0.0960 e. The summed E-state index contributed by atoms with van der Waals surface area (Å²) in [5.41, 5.74) is 1.15. The van der Waals surface area contributed by atoms with Crippen LogP contribution in [0.5, 0.6) is 0 Å². The number of hydrogen-bond acceptors (Lipinski definition) is 1. The molecule has 1 aromatic rings. The minimum absolute atomic E-state index is 0.152. The normalized spacial score (nSPS) is 20.9. The Bertz CT molecular complexity index is 309. The van der Waals surface area contributed by atoms with Gasteiger partial charge in [0.1, 0.15) is 0 Å². The monoisotopic (exact) mass is 248 g/mol. The number of rotatable bonds is 3. The van der Waals surface area contributed by atoms with Crippen LogP contribution in [0.3, 0.4) is 0 Å². The molecule has 3 heteroatoms. The van der Waals surface area contributed by atoms with Crippen molar-refractivity contribution in [3.05, 3.63) is 20.8 Å². The van der Waals surface area contributed by atoms with Crippen molar-refractivity contribution in [3.63, 3.8) is 0 Å². The fourth-order valence-electron chi connectivity index (χ4n) is 1.74. The number of aryl methyl sites for hydroxylation is 1. The minimum atomic E-state index is 0.152. The van der Waals surface area contributed by atoms with Gasteiger partial charge in [0.05, 0.1) is 9.71 Å². The Morgan fingerprint density at radius 3 is 2.57 bits per heavy atom. The first-order valence-electron chi connectivity index (χ1n) is 4.99. The zero-order valence-corrected chi connectivity index (χ0v) is 10.7. The summed E-state index contributed by atoms with van der Waals surface area (Å²) < 4.78 is 0.883. The number of alkyl halides is 1. The maximum atomic E-state index is 6.43. The summed E-state index contributed by atoms with van der Waals surface area (Å²) in [6.45, 7) is 4.28. The van der Waals surface area contributed by atoms with Gasteiger partial charge in [-0.2, -0.15) is 0 Å². The summed E-state index contributed by atoms with van der Waals surface area (Å²) in [6.07, 6.45) is 2.70. The second kappa shape index (κ2) is 4.03. The van der Waals surface area contributed by atoms with E-state index < -0.39 is 0 Å². The molecule has 0 nitrogen and oxygen atoms in total. The van der Waals surface area contributed by atoms with Gasteiger partial charge < -0.3 is 0 Å². The average molecular weight is 249 g/mol. The van der Waals surface area contributed by atoms with Crippen molar-refractivity contribution in [2.24, 2.45) is 11.8 Å². The van der Waals surface area contributed by atoms with Gasteiger partial charge in [0.15, 0.2) is 0 Å². The van der Waals surface area contributed by atoms with Gasteiger partial charge in [-0.3, -0.25) is 0 Å². The molecule has 0 aliphatic heterocycles. The second-order valence-electron chi connectivity index (χ2n) is 4.20. The molecule has 78 valence electrons. The Labute approximate surface area is 99.2 Å². The fourth-order valence-corrected chi connectivity index (χ4v) is 3.45. The molecule has 0 saturated heterocycles. The first kappa shape index (κ1) is 10.8. The SMILES string of the molecule is Cc1cc(C(Cl)C(C)C2CC2)sc1Cl. The van der Waals surface area contributed by atoms with Crippen LogP contribution >= 0.6 is 34.5 Å². The van der Waals surface area contributed by atoms with Crippen LogP contribution in [0.25, 0.3) is 0 Å². The summed E-state index contributed by atoms with van der Waals surface area (Å²) >= 11 is 14.1. The number of hydrogen-bond donors (Lipinski definition) is 0. The highest BCUT2D eigenvalue weighted by molar-refractivity contribution is 7.16. The molecule has 0 spiro atoms. The third kappa shape index (κ3) is 2.10. The average Bonchev–Trinajstić information content (AvgIpc) is 2.93. The highest BCUT2D eigenvalue weighted by atomic mass is 35.5. The summed E-state index contributed by atoms with van der Waals surface area (Å²) in [5.74, 6) is 1.43. The van der Waals surface area contributed by atoms with Crippen molar-refractivity contribution in [3.8, 4) is 0 Å². The van der Waals surface area contributed by atoms with Crippen LogP contribution in [0.4, 0.5) is 0 Å². The largest absolute Gasteiger partial charge is 0.127 e. The molecule has 0 N–H and O–H groups in total. The Morgan fingerprint density at radius 2 is 2.14 bits per heavy atom. The lowest BCUT2D eigenvalue weighted by Crippen LogP contribution is -2.04. The molecule has 2 unspecified atom stereocenters. The van der Waals surface area contributed by atoms with Gasteiger partial charge in [-0.15, -0.1) is 22.9 Å². The Morgan fingerprint density at radius 1 is 1.50 bits per heavy atom. The van der Waals surface area contributed by atoms with Crippen LogP contribution in [0, 0.1) is 18.8 Å². The predicted octanol–water partition coefficient (Wildman–Crippen LogP) is 5.04. The number of halogens is 2. The van der Waals surface area contributed by atoms with Crippen LogP contribution < -0.4 is 0 Å². The standard InChI is InChI=1S/C11H14Cl2S/c1-6-5-9(14-11(6)13)10(12)7(2)8-3-4-8/h5,7-8,10H,3-4H2,1-2H3. The van der Waals surface area contributed by atoms with E-state index in [0.29, 0.717) is 5.92 Å². The van der Waals surface area contributed by atoms with E-state index in [4.69, 9.17) is 23.2 Å². The molecular weight excluding hydrogens is 235 g/mol. The summed E-state index contributed by atoms with van der Waals surface area (Å²) in [4.78, 5) is 1.23. The van der Waals surface area contributed by atoms with Gasteiger partial charge in [-0.05, 0) is 43.2 Å². The van der Waals surface area contributed by atoms with E-state index in [1.54, 1.807) is 11.3 Å². The van der Waals surface area contributed by atoms with Crippen LogP contribution in [0.1, 0.15) is 35.6 Å². The first-order valence-corrected chi connectivity index (χ1v) is 6.62. The zero-order valence-electron chi connectivity index (χ0n) is 8.39. The Hall–Kier alpha value is 0.280. The molecule has 2 rings (SSSR count). The highest BCUT2D eigenvalue weighted by Gasteiger charge is 2.33. The van der Waals surface area contributed by atoms with E-state index in [2.05, 4.69) is 13.0 Å². The molecule has 0 bridgehead atoms. The molecule has 1 saturated carbocycles. The van der Waals surface area contributed by atoms with Crippen molar-refractivity contribution in [1.82, 2.24) is 0 Å². The summed E-state index contributed by atoms with van der Waals surface area (Å²) in [5, 5.41) is 0.152. The fraction of sp³-hybridized carbons (Fsp3) is 0.636. The van der Waals surface area contributed by atoms with Crippen LogP contribution in [-0.2, 0) is 0 Å². The summed E-state index contributed by atoms with van der Waals surface area (Å²) in [7, 11) is 0. The molecule has 0 amide bonds. The highest BCUT2D eigenvalue weighted by Crippen LogP contribution is 2.47. The van der Waals surface area contributed by atoms with Gasteiger partial charge in [-0.1, -0.05) is 18.5 Å². The molecule has 1 aliphatic carbocycles. The van der Waals surface area contributed by atoms with Gasteiger partial charge in [0.25, 0.3) is 0 Å². The summed E-state index contributed by atoms with van der Waals surface area (Å²) in [6, 6.07) is 2.13. The molecule has 2 atom stereocenters. The molecule has 0 radical (unpaired) electrons. The maximum absolute atomic E-state index is 6.43. The minimum Gasteiger partial charge on any atom is -0.127 e. The van der Waals surface area contributed by atoms with Crippen molar-refractivity contribution in [1.29, 1.82) is 0 Å². The van der Waals surface area contributed by atoms with E-state index in [1.165, 1.54) is 17.7 Å². The van der Waals surface area contributed by atoms with Crippen molar-refractivity contribution < 1.29 is 0 Å². The third-order valence-corrected chi connectivity index (χ3v) is 5.38. The van der Waals surface area contributed by atoms with Crippen molar-refractivity contribution in [2.75, 3.05) is 0 Å². The molecule has 1 aromatic heterocycles. The van der Waals surface area contributed by atoms with E-state index in [-0.39, 0.29) is 5.38 Å². The number of thiophene rings is 1. The van der Waals surface area contributed by atoms with Gasteiger partial charge in [0.2, 0.25) is 0 Å². The van der Waals surface area contributed by atoms with Crippen LogP contribution in [0.2, 0.25) is 4.34 Å².